The minimum Gasteiger partial charge on any atom is -0.234 e. The quantitative estimate of drug-likeness (QED) is 0.810. The van der Waals surface area contributed by atoms with Crippen LogP contribution in [-0.2, 0) is 16.1 Å². The van der Waals surface area contributed by atoms with Crippen LogP contribution in [0.1, 0.15) is 5.56 Å². The summed E-state index contributed by atoms with van der Waals surface area (Å²) in [5.74, 6) is 0. The first-order valence-electron chi connectivity index (χ1n) is 4.70. The fourth-order valence-corrected chi connectivity index (χ4v) is 1.66. The number of rotatable bonds is 2. The molecule has 0 saturated heterocycles. The standard InChI is InChI=1S/C10H13F3N2OS/c1-15(2)17(3,16)14-9-6-4-8(5-7-9)10(11,12)13/h4-7H,1-3H3. The molecule has 1 aromatic rings. The Balaban J connectivity index is 3.10. The lowest BCUT2D eigenvalue weighted by molar-refractivity contribution is -0.137. The number of benzene rings is 1. The van der Waals surface area contributed by atoms with E-state index in [0.29, 0.717) is 0 Å². The van der Waals surface area contributed by atoms with Crippen LogP contribution in [0.15, 0.2) is 28.6 Å². The van der Waals surface area contributed by atoms with E-state index in [4.69, 9.17) is 0 Å². The molecule has 0 saturated carbocycles. The summed E-state index contributed by atoms with van der Waals surface area (Å²) in [4.78, 5) is 0. The second-order valence-corrected chi connectivity index (χ2v) is 6.15. The van der Waals surface area contributed by atoms with Crippen molar-refractivity contribution in [1.29, 1.82) is 0 Å². The van der Waals surface area contributed by atoms with Gasteiger partial charge in [0.05, 0.1) is 11.3 Å². The largest absolute Gasteiger partial charge is 0.416 e. The van der Waals surface area contributed by atoms with Crippen molar-refractivity contribution in [2.24, 2.45) is 4.36 Å². The lowest BCUT2D eigenvalue weighted by Gasteiger charge is -2.12. The summed E-state index contributed by atoms with van der Waals surface area (Å²) in [6, 6.07) is 4.25. The van der Waals surface area contributed by atoms with E-state index in [-0.39, 0.29) is 5.69 Å². The molecule has 0 radical (unpaired) electrons. The van der Waals surface area contributed by atoms with Gasteiger partial charge in [0.25, 0.3) is 0 Å². The van der Waals surface area contributed by atoms with Crippen LogP contribution in [0.25, 0.3) is 0 Å². The minimum atomic E-state index is -4.37. The highest BCUT2D eigenvalue weighted by Crippen LogP contribution is 2.30. The van der Waals surface area contributed by atoms with Crippen LogP contribution >= 0.6 is 0 Å². The molecule has 0 N–H and O–H groups in total. The maximum Gasteiger partial charge on any atom is 0.416 e. The van der Waals surface area contributed by atoms with Gasteiger partial charge < -0.3 is 0 Å². The maximum atomic E-state index is 12.3. The van der Waals surface area contributed by atoms with Crippen LogP contribution in [0, 0.1) is 0 Å². The van der Waals surface area contributed by atoms with Crippen molar-refractivity contribution in [2.75, 3.05) is 20.4 Å². The molecule has 1 atom stereocenters. The zero-order chi connectivity index (χ0) is 13.3. The lowest BCUT2D eigenvalue weighted by Crippen LogP contribution is -2.19. The van der Waals surface area contributed by atoms with E-state index in [2.05, 4.69) is 4.36 Å². The minimum absolute atomic E-state index is 0.263. The van der Waals surface area contributed by atoms with Crippen molar-refractivity contribution in [1.82, 2.24) is 4.31 Å². The molecule has 0 amide bonds. The van der Waals surface area contributed by atoms with Gasteiger partial charge in [-0.3, -0.25) is 0 Å². The van der Waals surface area contributed by atoms with Crippen LogP contribution < -0.4 is 0 Å². The summed E-state index contributed by atoms with van der Waals surface area (Å²) in [7, 11) is 0.614. The van der Waals surface area contributed by atoms with Gasteiger partial charge in [0.1, 0.15) is 9.92 Å². The van der Waals surface area contributed by atoms with Crippen LogP contribution in [0.5, 0.6) is 0 Å². The molecule has 0 heterocycles. The molecule has 7 heteroatoms. The molecule has 1 rings (SSSR count). The average Bonchev–Trinajstić information content (AvgIpc) is 2.16. The van der Waals surface area contributed by atoms with Crippen molar-refractivity contribution in [2.45, 2.75) is 6.18 Å². The summed E-state index contributed by atoms with van der Waals surface area (Å²) in [5, 5.41) is 0. The normalized spacial score (nSPS) is 15.7. The summed E-state index contributed by atoms with van der Waals surface area (Å²) in [6.07, 6.45) is -2.95. The molecule has 3 nitrogen and oxygen atoms in total. The molecule has 0 aromatic heterocycles. The highest BCUT2D eigenvalue weighted by atomic mass is 32.2. The topological polar surface area (TPSA) is 32.7 Å². The molecule has 0 spiro atoms. The molecule has 0 aliphatic heterocycles. The van der Waals surface area contributed by atoms with E-state index in [1.54, 1.807) is 14.1 Å². The van der Waals surface area contributed by atoms with Gasteiger partial charge in [-0.05, 0) is 24.3 Å². The predicted molar refractivity (Wildman–Crippen MR) is 61.3 cm³/mol. The highest BCUT2D eigenvalue weighted by Gasteiger charge is 2.29. The van der Waals surface area contributed by atoms with Gasteiger partial charge in [-0.1, -0.05) is 0 Å². The lowest BCUT2D eigenvalue weighted by atomic mass is 10.2. The Hall–Kier alpha value is -1.08. The third kappa shape index (κ3) is 3.71. The maximum absolute atomic E-state index is 12.3. The average molecular weight is 266 g/mol. The Kier molecular flexibility index (Phi) is 3.83. The number of hydrogen-bond acceptors (Lipinski definition) is 2. The van der Waals surface area contributed by atoms with E-state index >= 15 is 0 Å². The molecular weight excluding hydrogens is 253 g/mol. The smallest absolute Gasteiger partial charge is 0.234 e. The second-order valence-electron chi connectivity index (χ2n) is 3.71. The zero-order valence-corrected chi connectivity index (χ0v) is 10.5. The van der Waals surface area contributed by atoms with Gasteiger partial charge in [-0.2, -0.15) is 17.5 Å². The highest BCUT2D eigenvalue weighted by molar-refractivity contribution is 7.90. The third-order valence-corrected chi connectivity index (χ3v) is 4.05. The van der Waals surface area contributed by atoms with Gasteiger partial charge in [0.15, 0.2) is 0 Å². The van der Waals surface area contributed by atoms with Gasteiger partial charge in [0, 0.05) is 20.4 Å². The monoisotopic (exact) mass is 266 g/mol. The second kappa shape index (κ2) is 4.66. The number of nitrogens with zero attached hydrogens (tertiary/aromatic N) is 2. The summed E-state index contributed by atoms with van der Waals surface area (Å²) < 4.78 is 54.1. The molecular formula is C10H13F3N2OS. The first-order valence-corrected chi connectivity index (χ1v) is 6.58. The first-order chi connectivity index (χ1) is 7.63. The Bertz CT molecular complexity index is 499. The van der Waals surface area contributed by atoms with Crippen molar-refractivity contribution >= 4 is 15.6 Å². The van der Waals surface area contributed by atoms with Crippen LogP contribution in [0.4, 0.5) is 18.9 Å². The molecule has 0 aliphatic rings. The van der Waals surface area contributed by atoms with Gasteiger partial charge in [-0.25, -0.2) is 8.51 Å². The van der Waals surface area contributed by atoms with Crippen molar-refractivity contribution in [3.05, 3.63) is 29.8 Å². The van der Waals surface area contributed by atoms with Crippen molar-refractivity contribution in [3.63, 3.8) is 0 Å². The molecule has 17 heavy (non-hydrogen) atoms. The zero-order valence-electron chi connectivity index (χ0n) is 9.65. The fraction of sp³-hybridized carbons (Fsp3) is 0.400. The Labute approximate surface area is 98.6 Å². The molecule has 96 valence electrons. The van der Waals surface area contributed by atoms with Gasteiger partial charge in [0.2, 0.25) is 0 Å². The summed E-state index contributed by atoms with van der Waals surface area (Å²) in [5.41, 5.74) is -0.483. The van der Waals surface area contributed by atoms with Crippen molar-refractivity contribution in [3.8, 4) is 0 Å². The molecule has 0 fully saturated rings. The molecule has 0 aliphatic carbocycles. The first kappa shape index (κ1) is 14.0. The number of alkyl halides is 3. The van der Waals surface area contributed by atoms with Crippen LogP contribution in [0.3, 0.4) is 0 Å². The summed E-state index contributed by atoms with van der Waals surface area (Å²) in [6.45, 7) is 0. The number of hydrogen-bond donors (Lipinski definition) is 0. The Morgan fingerprint density at radius 3 is 2.00 bits per heavy atom. The van der Waals surface area contributed by atoms with Crippen molar-refractivity contribution < 1.29 is 17.4 Å². The third-order valence-electron chi connectivity index (χ3n) is 2.15. The van der Waals surface area contributed by atoms with E-state index in [1.165, 1.54) is 22.7 Å². The van der Waals surface area contributed by atoms with E-state index in [9.17, 15) is 17.4 Å². The Morgan fingerprint density at radius 1 is 1.18 bits per heavy atom. The van der Waals surface area contributed by atoms with Crippen LogP contribution in [-0.4, -0.2) is 28.9 Å². The summed E-state index contributed by atoms with van der Waals surface area (Å²) >= 11 is 0. The van der Waals surface area contributed by atoms with E-state index in [1.807, 2.05) is 0 Å². The molecule has 1 unspecified atom stereocenters. The fourth-order valence-electron chi connectivity index (χ4n) is 0.989. The predicted octanol–water partition coefficient (Wildman–Crippen LogP) is 2.91. The Morgan fingerprint density at radius 2 is 1.65 bits per heavy atom. The van der Waals surface area contributed by atoms with E-state index in [0.717, 1.165) is 12.1 Å². The number of halogens is 3. The van der Waals surface area contributed by atoms with Gasteiger partial charge in [-0.15, -0.1) is 0 Å². The van der Waals surface area contributed by atoms with Crippen LogP contribution in [0.2, 0.25) is 0 Å². The molecule has 0 bridgehead atoms. The van der Waals surface area contributed by atoms with E-state index < -0.39 is 21.7 Å². The van der Waals surface area contributed by atoms with Gasteiger partial charge >= 0.3 is 6.18 Å². The SMILES string of the molecule is CN(C)S(C)(=O)=Nc1ccc(C(F)(F)F)cc1. The molecule has 1 aromatic carbocycles.